The monoisotopic (exact) mass is 546 g/mol. The topological polar surface area (TPSA) is 13.1 Å². The molecule has 0 bridgehead atoms. The summed E-state index contributed by atoms with van der Waals surface area (Å²) in [7, 11) is 0. The van der Waals surface area contributed by atoms with Crippen LogP contribution in [0.25, 0.3) is 87.6 Å². The lowest BCUT2D eigenvalue weighted by molar-refractivity contribution is 0.669. The lowest BCUT2D eigenvalue weighted by Gasteiger charge is -2.19. The Morgan fingerprint density at radius 1 is 0.302 bits per heavy atom. The van der Waals surface area contributed by atoms with Crippen LogP contribution in [-0.2, 0) is 0 Å². The van der Waals surface area contributed by atoms with Crippen molar-refractivity contribution in [3.63, 3.8) is 0 Å². The minimum atomic E-state index is 0.905. The molecule has 1 aromatic heterocycles. The van der Waals surface area contributed by atoms with E-state index in [2.05, 4.69) is 158 Å². The Morgan fingerprint density at radius 2 is 0.744 bits per heavy atom. The van der Waals surface area contributed by atoms with Crippen molar-refractivity contribution >= 4 is 54.3 Å². The fourth-order valence-corrected chi connectivity index (χ4v) is 7.09. The Kier molecular flexibility index (Phi) is 5.27. The van der Waals surface area contributed by atoms with Crippen molar-refractivity contribution in [1.29, 1.82) is 0 Å². The maximum absolute atomic E-state index is 6.54. The highest BCUT2D eigenvalue weighted by atomic mass is 16.3. The molecule has 1 heterocycles. The van der Waals surface area contributed by atoms with E-state index in [1.165, 1.54) is 65.7 Å². The highest BCUT2D eigenvalue weighted by molar-refractivity contribution is 6.27. The van der Waals surface area contributed by atoms with Crippen LogP contribution in [0.1, 0.15) is 0 Å². The molecule has 1 heteroatoms. The van der Waals surface area contributed by atoms with Crippen LogP contribution in [0, 0.1) is 0 Å². The second-order valence-electron chi connectivity index (χ2n) is 11.2. The zero-order valence-electron chi connectivity index (χ0n) is 23.4. The molecule has 0 aliphatic heterocycles. The predicted octanol–water partition coefficient (Wildman–Crippen LogP) is 12.0. The first-order valence-electron chi connectivity index (χ1n) is 14.8. The highest BCUT2D eigenvalue weighted by Gasteiger charge is 2.22. The van der Waals surface area contributed by atoms with Gasteiger partial charge in [-0.2, -0.15) is 0 Å². The quantitative estimate of drug-likeness (QED) is 0.201. The molecule has 0 saturated carbocycles. The van der Waals surface area contributed by atoms with Crippen molar-refractivity contribution in [1.82, 2.24) is 0 Å². The van der Waals surface area contributed by atoms with Crippen molar-refractivity contribution in [2.75, 3.05) is 0 Å². The molecule has 0 spiro atoms. The molecular weight excluding hydrogens is 520 g/mol. The van der Waals surface area contributed by atoms with Gasteiger partial charge in [-0.1, -0.05) is 146 Å². The normalized spacial score (nSPS) is 11.7. The first kappa shape index (κ1) is 24.0. The number of benzene rings is 8. The minimum absolute atomic E-state index is 0.905. The first-order chi connectivity index (χ1) is 21.4. The average Bonchev–Trinajstić information content (AvgIpc) is 3.47. The fourth-order valence-electron chi connectivity index (χ4n) is 7.09. The number of hydrogen-bond acceptors (Lipinski definition) is 1. The molecule has 0 aliphatic rings. The summed E-state index contributed by atoms with van der Waals surface area (Å²) in [5.41, 5.74) is 9.16. The van der Waals surface area contributed by atoms with Gasteiger partial charge in [0.25, 0.3) is 0 Å². The van der Waals surface area contributed by atoms with Crippen molar-refractivity contribution < 1.29 is 4.42 Å². The summed E-state index contributed by atoms with van der Waals surface area (Å²) in [6, 6.07) is 56.7. The Hall–Kier alpha value is -5.66. The molecule has 0 aliphatic carbocycles. The Balaban J connectivity index is 1.46. The molecule has 0 atom stereocenters. The summed E-state index contributed by atoms with van der Waals surface area (Å²) in [5, 5.41) is 9.81. The van der Waals surface area contributed by atoms with Crippen LogP contribution in [0.5, 0.6) is 0 Å². The van der Waals surface area contributed by atoms with Crippen LogP contribution in [0.2, 0.25) is 0 Å². The third kappa shape index (κ3) is 3.58. The average molecular weight is 547 g/mol. The largest absolute Gasteiger partial charge is 0.456 e. The lowest BCUT2D eigenvalue weighted by Crippen LogP contribution is -1.92. The van der Waals surface area contributed by atoms with E-state index >= 15 is 0 Å². The fraction of sp³-hybridized carbons (Fsp3) is 0. The Labute approximate surface area is 249 Å². The van der Waals surface area contributed by atoms with E-state index in [-0.39, 0.29) is 0 Å². The molecule has 0 N–H and O–H groups in total. The molecule has 0 amide bonds. The molecule has 0 fully saturated rings. The number of furan rings is 1. The van der Waals surface area contributed by atoms with Gasteiger partial charge in [0.05, 0.1) is 0 Å². The van der Waals surface area contributed by atoms with Crippen molar-refractivity contribution in [2.45, 2.75) is 0 Å². The van der Waals surface area contributed by atoms with Gasteiger partial charge in [-0.05, 0) is 77.8 Å². The first-order valence-corrected chi connectivity index (χ1v) is 14.8. The van der Waals surface area contributed by atoms with Crippen LogP contribution < -0.4 is 0 Å². The molecule has 0 saturated heterocycles. The van der Waals surface area contributed by atoms with E-state index in [1.54, 1.807) is 0 Å². The van der Waals surface area contributed by atoms with E-state index in [0.717, 1.165) is 21.9 Å². The standard InChI is InChI=1S/C42H26O/c1-2-13-28(14-3-1)30-22-11-25-37-41(30)42-36(24-12-26-38(42)43-37)40-34-20-8-6-18-32(34)39(33-19-7-9-21-35(33)40)31-23-10-16-27-15-4-5-17-29(27)31/h1-26H. The Bertz CT molecular complexity index is 2440. The van der Waals surface area contributed by atoms with E-state index in [9.17, 15) is 0 Å². The molecular formula is C42H26O. The van der Waals surface area contributed by atoms with Crippen molar-refractivity contribution in [2.24, 2.45) is 0 Å². The van der Waals surface area contributed by atoms with Gasteiger partial charge >= 0.3 is 0 Å². The summed E-state index contributed by atoms with van der Waals surface area (Å²) < 4.78 is 6.54. The van der Waals surface area contributed by atoms with Crippen LogP contribution in [-0.4, -0.2) is 0 Å². The molecule has 9 aromatic rings. The SMILES string of the molecule is c1ccc(-c2cccc3oc4cccc(-c5c6ccccc6c(-c6cccc7ccccc67)c6ccccc56)c4c23)cc1. The molecule has 200 valence electrons. The lowest BCUT2D eigenvalue weighted by atomic mass is 9.83. The van der Waals surface area contributed by atoms with Crippen molar-refractivity contribution in [3.05, 3.63) is 158 Å². The maximum Gasteiger partial charge on any atom is 0.136 e. The minimum Gasteiger partial charge on any atom is -0.456 e. The van der Waals surface area contributed by atoms with E-state index in [4.69, 9.17) is 4.42 Å². The molecule has 9 rings (SSSR count). The maximum atomic E-state index is 6.54. The second-order valence-corrected chi connectivity index (χ2v) is 11.2. The van der Waals surface area contributed by atoms with Gasteiger partial charge in [-0.15, -0.1) is 0 Å². The molecule has 8 aromatic carbocycles. The summed E-state index contributed by atoms with van der Waals surface area (Å²) in [6.45, 7) is 0. The van der Waals surface area contributed by atoms with Crippen molar-refractivity contribution in [3.8, 4) is 33.4 Å². The molecule has 0 radical (unpaired) electrons. The third-order valence-corrected chi connectivity index (χ3v) is 8.87. The van der Waals surface area contributed by atoms with Crippen LogP contribution in [0.15, 0.2) is 162 Å². The number of fused-ring (bicyclic) bond motifs is 6. The number of hydrogen-bond donors (Lipinski definition) is 0. The summed E-state index contributed by atoms with van der Waals surface area (Å²) >= 11 is 0. The van der Waals surface area contributed by atoms with Crippen LogP contribution in [0.3, 0.4) is 0 Å². The van der Waals surface area contributed by atoms with E-state index < -0.39 is 0 Å². The Morgan fingerprint density at radius 3 is 1.40 bits per heavy atom. The molecule has 0 unspecified atom stereocenters. The van der Waals surface area contributed by atoms with Crippen LogP contribution >= 0.6 is 0 Å². The van der Waals surface area contributed by atoms with E-state index in [1.807, 2.05) is 0 Å². The summed E-state index contributed by atoms with van der Waals surface area (Å²) in [6.07, 6.45) is 0. The van der Waals surface area contributed by atoms with Crippen LogP contribution in [0.4, 0.5) is 0 Å². The van der Waals surface area contributed by atoms with Gasteiger partial charge in [-0.25, -0.2) is 0 Å². The summed E-state index contributed by atoms with van der Waals surface area (Å²) in [4.78, 5) is 0. The molecule has 43 heavy (non-hydrogen) atoms. The summed E-state index contributed by atoms with van der Waals surface area (Å²) in [5.74, 6) is 0. The second kappa shape index (κ2) is 9.44. The van der Waals surface area contributed by atoms with Gasteiger partial charge < -0.3 is 4.42 Å². The predicted molar refractivity (Wildman–Crippen MR) is 183 cm³/mol. The zero-order valence-corrected chi connectivity index (χ0v) is 23.4. The highest BCUT2D eigenvalue weighted by Crippen LogP contribution is 2.48. The van der Waals surface area contributed by atoms with Gasteiger partial charge in [0.2, 0.25) is 0 Å². The molecule has 1 nitrogen and oxygen atoms in total. The van der Waals surface area contributed by atoms with Gasteiger partial charge in [-0.3, -0.25) is 0 Å². The smallest absolute Gasteiger partial charge is 0.136 e. The van der Waals surface area contributed by atoms with Gasteiger partial charge in [0, 0.05) is 10.8 Å². The zero-order chi connectivity index (χ0) is 28.3. The van der Waals surface area contributed by atoms with Gasteiger partial charge in [0.15, 0.2) is 0 Å². The third-order valence-electron chi connectivity index (χ3n) is 8.87. The number of rotatable bonds is 3. The van der Waals surface area contributed by atoms with Gasteiger partial charge in [0.1, 0.15) is 11.2 Å². The van der Waals surface area contributed by atoms with E-state index in [0.29, 0.717) is 0 Å².